The normalized spacial score (nSPS) is 10.5. The van der Waals surface area contributed by atoms with Gasteiger partial charge < -0.3 is 0 Å². The van der Waals surface area contributed by atoms with E-state index in [-0.39, 0.29) is 10.8 Å². The highest BCUT2D eigenvalue weighted by Crippen LogP contribution is 2.31. The van der Waals surface area contributed by atoms with E-state index in [0.29, 0.717) is 5.03 Å². The Morgan fingerprint density at radius 1 is 1.21 bits per heavy atom. The zero-order valence-electron chi connectivity index (χ0n) is 10.4. The van der Waals surface area contributed by atoms with Crippen molar-refractivity contribution in [2.75, 3.05) is 0 Å². The maximum atomic E-state index is 10.8. The molecular weight excluding hydrogens is 284 g/mol. The number of nitrogens with zero attached hydrogens (tertiary/aromatic N) is 2. The van der Waals surface area contributed by atoms with Gasteiger partial charge in [-0.3, -0.25) is 10.1 Å². The van der Waals surface area contributed by atoms with Crippen molar-refractivity contribution in [2.45, 2.75) is 23.8 Å². The van der Waals surface area contributed by atoms with Crippen LogP contribution in [0.2, 0.25) is 5.15 Å². The van der Waals surface area contributed by atoms with E-state index in [0.717, 1.165) is 4.90 Å². The lowest BCUT2D eigenvalue weighted by atomic mass is 10.1. The summed E-state index contributed by atoms with van der Waals surface area (Å²) in [6, 6.07) is 8.66. The molecule has 0 amide bonds. The molecule has 0 bridgehead atoms. The van der Waals surface area contributed by atoms with Gasteiger partial charge in [0.2, 0.25) is 0 Å². The molecule has 4 nitrogen and oxygen atoms in total. The maximum absolute atomic E-state index is 10.8. The van der Waals surface area contributed by atoms with Crippen molar-refractivity contribution in [3.63, 3.8) is 0 Å². The number of rotatable bonds is 3. The number of aryl methyl sites for hydroxylation is 2. The summed E-state index contributed by atoms with van der Waals surface area (Å²) in [5.41, 5.74) is 2.32. The SMILES string of the molecule is Cc1ccc(Sc2cc([N+](=O)[O-])cc(Cl)n2)cc1C. The highest BCUT2D eigenvalue weighted by Gasteiger charge is 2.11. The molecule has 2 aromatic rings. The molecule has 6 heteroatoms. The Bertz CT molecular complexity index is 647. The second kappa shape index (κ2) is 5.59. The average Bonchev–Trinajstić information content (AvgIpc) is 2.33. The summed E-state index contributed by atoms with van der Waals surface area (Å²) in [4.78, 5) is 15.4. The molecule has 0 aliphatic carbocycles. The lowest BCUT2D eigenvalue weighted by molar-refractivity contribution is -0.385. The molecule has 19 heavy (non-hydrogen) atoms. The third-order valence-electron chi connectivity index (χ3n) is 2.67. The molecule has 0 radical (unpaired) electrons. The van der Waals surface area contributed by atoms with Crippen molar-refractivity contribution in [3.8, 4) is 0 Å². The fraction of sp³-hybridized carbons (Fsp3) is 0.154. The molecule has 0 atom stereocenters. The van der Waals surface area contributed by atoms with Crippen molar-refractivity contribution in [3.05, 3.63) is 56.7 Å². The van der Waals surface area contributed by atoms with Gasteiger partial charge in [-0.05, 0) is 37.1 Å². The van der Waals surface area contributed by atoms with E-state index in [1.54, 1.807) is 0 Å². The largest absolute Gasteiger partial charge is 0.275 e. The van der Waals surface area contributed by atoms with Crippen LogP contribution >= 0.6 is 23.4 Å². The van der Waals surface area contributed by atoms with Crippen LogP contribution < -0.4 is 0 Å². The van der Waals surface area contributed by atoms with E-state index in [2.05, 4.69) is 4.98 Å². The first-order chi connectivity index (χ1) is 8.95. The Hall–Kier alpha value is -1.59. The fourth-order valence-corrected chi connectivity index (χ4v) is 2.71. The summed E-state index contributed by atoms with van der Waals surface area (Å²) in [6.45, 7) is 4.06. The standard InChI is InChI=1S/C13H11ClN2O2S/c1-8-3-4-11(5-9(8)2)19-13-7-10(16(17)18)6-12(14)15-13/h3-7H,1-2H3. The average molecular weight is 295 g/mol. The smallest absolute Gasteiger partial charge is 0.258 e. The molecule has 0 aliphatic heterocycles. The highest BCUT2D eigenvalue weighted by molar-refractivity contribution is 7.99. The lowest BCUT2D eigenvalue weighted by Gasteiger charge is -2.05. The quantitative estimate of drug-likeness (QED) is 0.478. The van der Waals surface area contributed by atoms with E-state index < -0.39 is 4.92 Å². The van der Waals surface area contributed by atoms with Crippen LogP contribution in [-0.2, 0) is 0 Å². The summed E-state index contributed by atoms with van der Waals surface area (Å²) < 4.78 is 0. The van der Waals surface area contributed by atoms with Gasteiger partial charge in [-0.2, -0.15) is 0 Å². The van der Waals surface area contributed by atoms with Crippen LogP contribution in [-0.4, -0.2) is 9.91 Å². The number of nitro groups is 1. The minimum Gasteiger partial charge on any atom is -0.258 e. The van der Waals surface area contributed by atoms with Gasteiger partial charge in [-0.25, -0.2) is 4.98 Å². The predicted molar refractivity (Wildman–Crippen MR) is 75.9 cm³/mol. The van der Waals surface area contributed by atoms with Crippen LogP contribution in [0.1, 0.15) is 11.1 Å². The summed E-state index contributed by atoms with van der Waals surface area (Å²) in [6.07, 6.45) is 0. The third-order valence-corrected chi connectivity index (χ3v) is 3.77. The van der Waals surface area contributed by atoms with Crippen molar-refractivity contribution < 1.29 is 4.92 Å². The zero-order valence-corrected chi connectivity index (χ0v) is 12.0. The number of hydrogen-bond donors (Lipinski definition) is 0. The van der Waals surface area contributed by atoms with Gasteiger partial charge in [0.15, 0.2) is 0 Å². The second-order valence-electron chi connectivity index (χ2n) is 4.09. The van der Waals surface area contributed by atoms with Crippen LogP contribution in [0.4, 0.5) is 5.69 Å². The minimum absolute atomic E-state index is 0.0497. The van der Waals surface area contributed by atoms with Gasteiger partial charge >= 0.3 is 0 Å². The predicted octanol–water partition coefficient (Wildman–Crippen LogP) is 4.41. The molecule has 1 heterocycles. The molecule has 1 aromatic carbocycles. The molecule has 0 saturated heterocycles. The van der Waals surface area contributed by atoms with Gasteiger partial charge in [0.1, 0.15) is 10.2 Å². The van der Waals surface area contributed by atoms with Gasteiger partial charge in [0.25, 0.3) is 5.69 Å². The van der Waals surface area contributed by atoms with Gasteiger partial charge in [0, 0.05) is 11.0 Å². The van der Waals surface area contributed by atoms with E-state index >= 15 is 0 Å². The number of hydrogen-bond acceptors (Lipinski definition) is 4. The Kier molecular flexibility index (Phi) is 4.07. The molecule has 98 valence electrons. The Labute approximate surface area is 120 Å². The van der Waals surface area contributed by atoms with Crippen LogP contribution in [0.25, 0.3) is 0 Å². The molecule has 0 spiro atoms. The molecule has 2 rings (SSSR count). The number of benzene rings is 1. The zero-order chi connectivity index (χ0) is 14.0. The van der Waals surface area contributed by atoms with Crippen molar-refractivity contribution in [2.24, 2.45) is 0 Å². The van der Waals surface area contributed by atoms with Gasteiger partial charge in [0.05, 0.1) is 11.0 Å². The summed E-state index contributed by atoms with van der Waals surface area (Å²) >= 11 is 7.14. The third kappa shape index (κ3) is 3.45. The van der Waals surface area contributed by atoms with Crippen LogP contribution in [0.3, 0.4) is 0 Å². The number of pyridine rings is 1. The van der Waals surface area contributed by atoms with Crippen molar-refractivity contribution in [1.82, 2.24) is 4.98 Å². The number of halogens is 1. The topological polar surface area (TPSA) is 56.0 Å². The molecule has 0 aliphatic rings. The van der Waals surface area contributed by atoms with Crippen LogP contribution in [0.5, 0.6) is 0 Å². The Balaban J connectivity index is 2.32. The van der Waals surface area contributed by atoms with Crippen molar-refractivity contribution >= 4 is 29.1 Å². The summed E-state index contributed by atoms with van der Waals surface area (Å²) in [5, 5.41) is 11.4. The molecule has 0 unspecified atom stereocenters. The molecule has 0 fully saturated rings. The highest BCUT2D eigenvalue weighted by atomic mass is 35.5. The van der Waals surface area contributed by atoms with Gasteiger partial charge in [-0.15, -0.1) is 0 Å². The van der Waals surface area contributed by atoms with E-state index in [1.807, 2.05) is 32.0 Å². The monoisotopic (exact) mass is 294 g/mol. The fourth-order valence-electron chi connectivity index (χ4n) is 1.52. The molecular formula is C13H11ClN2O2S. The first kappa shape index (κ1) is 13.8. The van der Waals surface area contributed by atoms with E-state index in [9.17, 15) is 10.1 Å². The van der Waals surface area contributed by atoms with E-state index in [4.69, 9.17) is 11.6 Å². The molecule has 1 aromatic heterocycles. The Morgan fingerprint density at radius 3 is 2.58 bits per heavy atom. The lowest BCUT2D eigenvalue weighted by Crippen LogP contribution is -1.91. The van der Waals surface area contributed by atoms with Crippen molar-refractivity contribution in [1.29, 1.82) is 0 Å². The molecule has 0 N–H and O–H groups in total. The minimum atomic E-state index is -0.474. The van der Waals surface area contributed by atoms with E-state index in [1.165, 1.54) is 35.0 Å². The second-order valence-corrected chi connectivity index (χ2v) is 5.57. The molecule has 0 saturated carbocycles. The van der Waals surface area contributed by atoms with Crippen LogP contribution in [0, 0.1) is 24.0 Å². The number of aromatic nitrogens is 1. The summed E-state index contributed by atoms with van der Waals surface area (Å²) in [5.74, 6) is 0. The van der Waals surface area contributed by atoms with Gasteiger partial charge in [-0.1, -0.05) is 29.4 Å². The van der Waals surface area contributed by atoms with Crippen LogP contribution in [0.15, 0.2) is 40.3 Å². The Morgan fingerprint density at radius 2 is 1.95 bits per heavy atom. The summed E-state index contributed by atoms with van der Waals surface area (Å²) in [7, 11) is 0. The maximum Gasteiger partial charge on any atom is 0.275 e. The first-order valence-corrected chi connectivity index (χ1v) is 6.72. The first-order valence-electron chi connectivity index (χ1n) is 5.53.